The Hall–Kier alpha value is -0.630. The molecule has 0 spiro atoms. The first-order valence-corrected chi connectivity index (χ1v) is 6.73. The summed E-state index contributed by atoms with van der Waals surface area (Å²) in [5.74, 6) is 0. The van der Waals surface area contributed by atoms with Crippen LogP contribution in [-0.2, 0) is 17.1 Å². The van der Waals surface area contributed by atoms with E-state index in [2.05, 4.69) is 4.98 Å². The number of aryl methyl sites for hydroxylation is 1. The highest BCUT2D eigenvalue weighted by Crippen LogP contribution is 2.22. The van der Waals surface area contributed by atoms with E-state index in [9.17, 15) is 13.5 Å². The van der Waals surface area contributed by atoms with Gasteiger partial charge in [0.05, 0.1) is 11.9 Å². The van der Waals surface area contributed by atoms with Crippen LogP contribution in [0.3, 0.4) is 0 Å². The van der Waals surface area contributed by atoms with Crippen molar-refractivity contribution in [3.63, 3.8) is 0 Å². The zero-order chi connectivity index (χ0) is 13.4. The molecule has 1 N–H and O–H groups in total. The molecular weight excluding hydrogens is 266 g/mol. The molecule has 1 rings (SSSR count). The highest BCUT2D eigenvalue weighted by atomic mass is 35.5. The molecule has 17 heavy (non-hydrogen) atoms. The van der Waals surface area contributed by atoms with Gasteiger partial charge < -0.3 is 9.67 Å². The number of aliphatic hydroxyl groups is 1. The molecule has 1 heterocycles. The molecule has 0 fully saturated rings. The summed E-state index contributed by atoms with van der Waals surface area (Å²) < 4.78 is 26.6. The van der Waals surface area contributed by atoms with Crippen molar-refractivity contribution in [3.05, 3.63) is 11.5 Å². The Morgan fingerprint density at radius 1 is 1.59 bits per heavy atom. The van der Waals surface area contributed by atoms with Gasteiger partial charge in [-0.2, -0.15) is 4.31 Å². The van der Waals surface area contributed by atoms with Crippen molar-refractivity contribution in [3.8, 4) is 0 Å². The van der Waals surface area contributed by atoms with Crippen molar-refractivity contribution in [1.82, 2.24) is 13.9 Å². The van der Waals surface area contributed by atoms with Gasteiger partial charge in [0.2, 0.25) is 5.03 Å². The van der Waals surface area contributed by atoms with Crippen LogP contribution < -0.4 is 0 Å². The first kappa shape index (κ1) is 14.4. The lowest BCUT2D eigenvalue weighted by molar-refractivity contribution is 0.0639. The van der Waals surface area contributed by atoms with Gasteiger partial charge in [0, 0.05) is 20.6 Å². The predicted octanol–water partition coefficient (Wildman–Crippen LogP) is 0.465. The molecule has 6 nitrogen and oxygen atoms in total. The second kappa shape index (κ2) is 4.56. The standard InChI is InChI=1S/C9H16ClN3O3S/c1-9(2,14)5-13(4)17(15,16)8-7(10)12(3)6-11-8/h6,14H,5H2,1-4H3. The molecule has 0 amide bonds. The van der Waals surface area contributed by atoms with E-state index in [4.69, 9.17) is 11.6 Å². The van der Waals surface area contributed by atoms with E-state index >= 15 is 0 Å². The summed E-state index contributed by atoms with van der Waals surface area (Å²) in [6.07, 6.45) is 1.33. The van der Waals surface area contributed by atoms with Crippen LogP contribution >= 0.6 is 11.6 Å². The van der Waals surface area contributed by atoms with Crippen molar-refractivity contribution >= 4 is 21.6 Å². The minimum Gasteiger partial charge on any atom is -0.389 e. The summed E-state index contributed by atoms with van der Waals surface area (Å²) in [5.41, 5.74) is -1.12. The van der Waals surface area contributed by atoms with Gasteiger partial charge in [-0.1, -0.05) is 11.6 Å². The molecule has 0 aliphatic heterocycles. The Morgan fingerprint density at radius 2 is 2.12 bits per heavy atom. The van der Waals surface area contributed by atoms with E-state index in [0.29, 0.717) is 0 Å². The molecule has 0 bridgehead atoms. The molecule has 0 radical (unpaired) electrons. The molecule has 1 aromatic rings. The molecule has 8 heteroatoms. The van der Waals surface area contributed by atoms with Crippen molar-refractivity contribution in [2.24, 2.45) is 7.05 Å². The topological polar surface area (TPSA) is 75.4 Å². The molecular formula is C9H16ClN3O3S. The number of hydrogen-bond donors (Lipinski definition) is 1. The van der Waals surface area contributed by atoms with Crippen molar-refractivity contribution in [1.29, 1.82) is 0 Å². The summed E-state index contributed by atoms with van der Waals surface area (Å²) in [6, 6.07) is 0. The fourth-order valence-electron chi connectivity index (χ4n) is 1.34. The third-order valence-corrected chi connectivity index (χ3v) is 4.39. The largest absolute Gasteiger partial charge is 0.389 e. The van der Waals surface area contributed by atoms with Gasteiger partial charge in [0.25, 0.3) is 10.0 Å². The minimum absolute atomic E-state index is 0.0394. The summed E-state index contributed by atoms with van der Waals surface area (Å²) in [4.78, 5) is 3.76. The minimum atomic E-state index is -3.77. The number of aromatic nitrogens is 2. The highest BCUT2D eigenvalue weighted by Gasteiger charge is 2.30. The lowest BCUT2D eigenvalue weighted by Gasteiger charge is -2.24. The van der Waals surface area contributed by atoms with Crippen LogP contribution in [-0.4, -0.2) is 46.6 Å². The smallest absolute Gasteiger partial charge is 0.263 e. The fraction of sp³-hybridized carbons (Fsp3) is 0.667. The van der Waals surface area contributed by atoms with Crippen LogP contribution in [0.2, 0.25) is 5.15 Å². The van der Waals surface area contributed by atoms with Gasteiger partial charge in [0.1, 0.15) is 5.15 Å². The van der Waals surface area contributed by atoms with Crippen molar-refractivity contribution in [2.45, 2.75) is 24.5 Å². The summed E-state index contributed by atoms with van der Waals surface area (Å²) in [7, 11) is -0.798. The maximum absolute atomic E-state index is 12.1. The van der Waals surface area contributed by atoms with Crippen LogP contribution in [0.1, 0.15) is 13.8 Å². The third kappa shape index (κ3) is 3.19. The summed E-state index contributed by atoms with van der Waals surface area (Å²) >= 11 is 5.84. The van der Waals surface area contributed by atoms with Gasteiger partial charge in [0.15, 0.2) is 0 Å². The zero-order valence-corrected chi connectivity index (χ0v) is 11.7. The second-order valence-corrected chi connectivity index (χ2v) is 6.84. The summed E-state index contributed by atoms with van der Waals surface area (Å²) in [5, 5.41) is 9.46. The fourth-order valence-corrected chi connectivity index (χ4v) is 3.05. The SMILES string of the molecule is CN(CC(C)(C)O)S(=O)(=O)c1ncn(C)c1Cl. The number of sulfonamides is 1. The molecule has 0 aromatic carbocycles. The number of nitrogens with zero attached hydrogens (tertiary/aromatic N) is 3. The monoisotopic (exact) mass is 281 g/mol. The quantitative estimate of drug-likeness (QED) is 0.870. The Balaban J connectivity index is 3.08. The number of hydrogen-bond acceptors (Lipinski definition) is 4. The van der Waals surface area contributed by atoms with E-state index < -0.39 is 15.6 Å². The van der Waals surface area contributed by atoms with Crippen molar-refractivity contribution < 1.29 is 13.5 Å². The normalized spacial score (nSPS) is 13.4. The van der Waals surface area contributed by atoms with Crippen LogP contribution in [0.5, 0.6) is 0 Å². The maximum Gasteiger partial charge on any atom is 0.263 e. The van der Waals surface area contributed by atoms with E-state index in [1.165, 1.54) is 31.8 Å². The maximum atomic E-state index is 12.1. The zero-order valence-electron chi connectivity index (χ0n) is 10.2. The first-order chi connectivity index (χ1) is 7.55. The average molecular weight is 282 g/mol. The predicted molar refractivity (Wildman–Crippen MR) is 64.3 cm³/mol. The van der Waals surface area contributed by atoms with E-state index in [-0.39, 0.29) is 16.7 Å². The number of halogens is 1. The van der Waals surface area contributed by atoms with Crippen LogP contribution in [0.25, 0.3) is 0 Å². The van der Waals surface area contributed by atoms with Crippen LogP contribution in [0, 0.1) is 0 Å². The lowest BCUT2D eigenvalue weighted by atomic mass is 10.1. The molecule has 0 aliphatic carbocycles. The molecule has 0 unspecified atom stereocenters. The summed E-state index contributed by atoms with van der Waals surface area (Å²) in [6.45, 7) is 3.01. The van der Waals surface area contributed by atoms with Crippen LogP contribution in [0.15, 0.2) is 11.4 Å². The van der Waals surface area contributed by atoms with Gasteiger partial charge >= 0.3 is 0 Å². The van der Waals surface area contributed by atoms with Gasteiger partial charge in [-0.15, -0.1) is 0 Å². The third-order valence-electron chi connectivity index (χ3n) is 2.10. The number of likely N-dealkylation sites (N-methyl/N-ethyl adjacent to an activating group) is 1. The average Bonchev–Trinajstić information content (AvgIpc) is 2.45. The van der Waals surface area contributed by atoms with E-state index in [0.717, 1.165) is 4.31 Å². The van der Waals surface area contributed by atoms with Gasteiger partial charge in [-0.05, 0) is 13.8 Å². The molecule has 0 aliphatic rings. The molecule has 1 aromatic heterocycles. The van der Waals surface area contributed by atoms with Gasteiger partial charge in [-0.25, -0.2) is 13.4 Å². The second-order valence-electron chi connectivity index (χ2n) is 4.52. The number of imidazole rings is 1. The molecule has 0 atom stereocenters. The highest BCUT2D eigenvalue weighted by molar-refractivity contribution is 7.89. The van der Waals surface area contributed by atoms with Gasteiger partial charge in [-0.3, -0.25) is 0 Å². The molecule has 0 saturated carbocycles. The van der Waals surface area contributed by atoms with E-state index in [1.807, 2.05) is 0 Å². The Morgan fingerprint density at radius 3 is 2.47 bits per heavy atom. The lowest BCUT2D eigenvalue weighted by Crippen LogP contribution is -2.39. The Kier molecular flexibility index (Phi) is 3.87. The van der Waals surface area contributed by atoms with E-state index in [1.54, 1.807) is 7.05 Å². The Labute approximate surface area is 106 Å². The number of rotatable bonds is 4. The molecule has 98 valence electrons. The van der Waals surface area contributed by atoms with Crippen molar-refractivity contribution in [2.75, 3.05) is 13.6 Å². The van der Waals surface area contributed by atoms with Crippen LogP contribution in [0.4, 0.5) is 0 Å². The Bertz CT molecular complexity index is 504. The first-order valence-electron chi connectivity index (χ1n) is 4.91. The molecule has 0 saturated heterocycles.